The number of carbonyl (C=O) groups is 2. The van der Waals surface area contributed by atoms with Crippen LogP contribution in [0, 0.1) is 17.8 Å². The van der Waals surface area contributed by atoms with E-state index in [0.717, 1.165) is 12.8 Å². The standard InChI is InChI=1S/C22H37N7O4/c1-5-13(3)17(23)20(30)32-8-7-15(11-33-21(31)18(24)14(4)6-2)10-29-12-27-16-9-26-22(25)28-19(16)29/h9,12-15,17-18H,5-8,10-11,23-24H2,1-4H3,(H2,25,26,28)/t13-,14-,15+,17-,18-/m0/s1. The summed E-state index contributed by atoms with van der Waals surface area (Å²) in [5.74, 6) is -0.895. The van der Waals surface area contributed by atoms with Gasteiger partial charge in [-0.15, -0.1) is 0 Å². The van der Waals surface area contributed by atoms with E-state index in [1.54, 1.807) is 12.5 Å². The van der Waals surface area contributed by atoms with Crippen LogP contribution in [0.2, 0.25) is 0 Å². The summed E-state index contributed by atoms with van der Waals surface area (Å²) < 4.78 is 12.7. The smallest absolute Gasteiger partial charge is 0.323 e. The van der Waals surface area contributed by atoms with E-state index in [-0.39, 0.29) is 36.9 Å². The Bertz CT molecular complexity index is 919. The minimum Gasteiger partial charge on any atom is -0.465 e. The second-order valence-corrected chi connectivity index (χ2v) is 8.61. The molecule has 0 aliphatic heterocycles. The van der Waals surface area contributed by atoms with Gasteiger partial charge in [-0.2, -0.15) is 4.98 Å². The van der Waals surface area contributed by atoms with Crippen LogP contribution < -0.4 is 17.2 Å². The number of imidazole rings is 1. The molecule has 5 atom stereocenters. The molecule has 6 N–H and O–H groups in total. The molecule has 11 nitrogen and oxygen atoms in total. The molecule has 0 aliphatic rings. The summed E-state index contributed by atoms with van der Waals surface area (Å²) >= 11 is 0. The molecule has 2 heterocycles. The van der Waals surface area contributed by atoms with E-state index >= 15 is 0 Å². The SMILES string of the molecule is CC[C@H](C)[C@H](N)C(=O)OCC[C@@H](COC(=O)[C@@H](N)[C@@H](C)CC)Cn1cnc2cnc(N)nc21. The Morgan fingerprint density at radius 2 is 1.64 bits per heavy atom. The fourth-order valence-electron chi connectivity index (χ4n) is 3.20. The molecule has 2 aromatic rings. The highest BCUT2D eigenvalue weighted by molar-refractivity contribution is 5.76. The summed E-state index contributed by atoms with van der Waals surface area (Å²) in [5.41, 5.74) is 18.8. The topological polar surface area (TPSA) is 174 Å². The van der Waals surface area contributed by atoms with Gasteiger partial charge in [0.15, 0.2) is 5.65 Å². The van der Waals surface area contributed by atoms with E-state index in [9.17, 15) is 9.59 Å². The first-order valence-corrected chi connectivity index (χ1v) is 11.5. The lowest BCUT2D eigenvalue weighted by Gasteiger charge is -2.22. The van der Waals surface area contributed by atoms with Gasteiger partial charge in [-0.3, -0.25) is 9.59 Å². The van der Waals surface area contributed by atoms with Crippen LogP contribution in [0.15, 0.2) is 12.5 Å². The molecule has 33 heavy (non-hydrogen) atoms. The summed E-state index contributed by atoms with van der Waals surface area (Å²) in [7, 11) is 0. The van der Waals surface area contributed by atoms with Gasteiger partial charge in [0, 0.05) is 12.5 Å². The van der Waals surface area contributed by atoms with Gasteiger partial charge in [-0.1, -0.05) is 40.5 Å². The number of nitrogens with two attached hydrogens (primary N) is 3. The lowest BCUT2D eigenvalue weighted by atomic mass is 10.00. The van der Waals surface area contributed by atoms with Crippen molar-refractivity contribution in [3.8, 4) is 0 Å². The van der Waals surface area contributed by atoms with E-state index in [1.807, 2.05) is 32.3 Å². The first-order chi connectivity index (χ1) is 15.7. The van der Waals surface area contributed by atoms with Gasteiger partial charge >= 0.3 is 11.9 Å². The molecule has 2 rings (SSSR count). The van der Waals surface area contributed by atoms with Crippen molar-refractivity contribution >= 4 is 29.1 Å². The van der Waals surface area contributed by atoms with Crippen molar-refractivity contribution in [2.75, 3.05) is 18.9 Å². The van der Waals surface area contributed by atoms with Gasteiger partial charge in [0.1, 0.15) is 17.6 Å². The van der Waals surface area contributed by atoms with E-state index < -0.39 is 24.0 Å². The summed E-state index contributed by atoms with van der Waals surface area (Å²) in [6.45, 7) is 8.44. The zero-order valence-corrected chi connectivity index (χ0v) is 19.9. The quantitative estimate of drug-likeness (QED) is 0.367. The van der Waals surface area contributed by atoms with Gasteiger partial charge in [0.05, 0.1) is 25.7 Å². The fraction of sp³-hybridized carbons (Fsp3) is 0.682. The number of ether oxygens (including phenoxy) is 2. The van der Waals surface area contributed by atoms with E-state index in [2.05, 4.69) is 15.0 Å². The number of aromatic nitrogens is 4. The largest absolute Gasteiger partial charge is 0.465 e. The minimum atomic E-state index is -0.691. The first kappa shape index (κ1) is 26.5. The van der Waals surface area contributed by atoms with Crippen LogP contribution in [0.3, 0.4) is 0 Å². The maximum absolute atomic E-state index is 12.4. The molecule has 0 fully saturated rings. The molecular weight excluding hydrogens is 426 g/mol. The predicted octanol–water partition coefficient (Wildman–Crippen LogP) is 1.25. The van der Waals surface area contributed by atoms with Gasteiger partial charge < -0.3 is 31.2 Å². The van der Waals surface area contributed by atoms with Gasteiger partial charge in [-0.25, -0.2) is 9.97 Å². The Kier molecular flexibility index (Phi) is 9.98. The Morgan fingerprint density at radius 1 is 1.03 bits per heavy atom. The van der Waals surface area contributed by atoms with Crippen LogP contribution in [0.25, 0.3) is 11.2 Å². The van der Waals surface area contributed by atoms with E-state index in [0.29, 0.717) is 24.1 Å². The molecule has 0 radical (unpaired) electrons. The van der Waals surface area contributed by atoms with E-state index in [1.165, 1.54) is 0 Å². The number of esters is 2. The number of nitrogen functional groups attached to an aromatic ring is 1. The molecular formula is C22H37N7O4. The molecule has 0 aliphatic carbocycles. The Balaban J connectivity index is 2.06. The van der Waals surface area contributed by atoms with Crippen LogP contribution in [0.4, 0.5) is 5.95 Å². The molecule has 184 valence electrons. The molecule has 0 unspecified atom stereocenters. The number of carbonyl (C=O) groups excluding carboxylic acids is 2. The predicted molar refractivity (Wildman–Crippen MR) is 125 cm³/mol. The lowest BCUT2D eigenvalue weighted by Crippen LogP contribution is -2.39. The highest BCUT2D eigenvalue weighted by Crippen LogP contribution is 2.16. The molecule has 0 saturated carbocycles. The fourth-order valence-corrected chi connectivity index (χ4v) is 3.20. The van der Waals surface area contributed by atoms with Crippen LogP contribution in [-0.2, 0) is 25.6 Å². The highest BCUT2D eigenvalue weighted by Gasteiger charge is 2.24. The summed E-state index contributed by atoms with van der Waals surface area (Å²) in [5, 5.41) is 0. The summed E-state index contributed by atoms with van der Waals surface area (Å²) in [4.78, 5) is 37.1. The Hall–Kier alpha value is -2.79. The molecule has 0 saturated heterocycles. The Morgan fingerprint density at radius 3 is 2.24 bits per heavy atom. The molecule has 0 aromatic carbocycles. The summed E-state index contributed by atoms with van der Waals surface area (Å²) in [6.07, 6.45) is 5.18. The third-order valence-corrected chi connectivity index (χ3v) is 6.12. The maximum atomic E-state index is 12.4. The number of nitrogens with zero attached hydrogens (tertiary/aromatic N) is 4. The van der Waals surface area contributed by atoms with Crippen LogP contribution in [0.1, 0.15) is 47.0 Å². The van der Waals surface area contributed by atoms with Crippen molar-refractivity contribution in [3.63, 3.8) is 0 Å². The van der Waals surface area contributed by atoms with Crippen LogP contribution >= 0.6 is 0 Å². The minimum absolute atomic E-state index is 0.0104. The third-order valence-electron chi connectivity index (χ3n) is 6.12. The average molecular weight is 464 g/mol. The monoisotopic (exact) mass is 463 g/mol. The lowest BCUT2D eigenvalue weighted by molar-refractivity contribution is -0.150. The molecule has 2 aromatic heterocycles. The number of hydrogen-bond donors (Lipinski definition) is 3. The van der Waals surface area contributed by atoms with Gasteiger partial charge in [0.25, 0.3) is 0 Å². The van der Waals surface area contributed by atoms with E-state index in [4.69, 9.17) is 26.7 Å². The van der Waals surface area contributed by atoms with Gasteiger partial charge in [0.2, 0.25) is 5.95 Å². The average Bonchev–Trinajstić information content (AvgIpc) is 3.21. The van der Waals surface area contributed by atoms with Crippen molar-refractivity contribution < 1.29 is 19.1 Å². The molecule has 0 amide bonds. The molecule has 11 heteroatoms. The molecule has 0 bridgehead atoms. The number of anilines is 1. The molecule has 0 spiro atoms. The van der Waals surface area contributed by atoms with Crippen molar-refractivity contribution in [3.05, 3.63) is 12.5 Å². The number of fused-ring (bicyclic) bond motifs is 1. The summed E-state index contributed by atoms with van der Waals surface area (Å²) in [6, 6.07) is -1.36. The van der Waals surface area contributed by atoms with Crippen molar-refractivity contribution in [2.24, 2.45) is 29.2 Å². The zero-order valence-electron chi connectivity index (χ0n) is 19.9. The normalized spacial score (nSPS) is 16.1. The second kappa shape index (κ2) is 12.4. The zero-order chi connectivity index (χ0) is 24.5. The first-order valence-electron chi connectivity index (χ1n) is 11.5. The Labute approximate surface area is 194 Å². The van der Waals surface area contributed by atoms with Crippen molar-refractivity contribution in [1.29, 1.82) is 0 Å². The van der Waals surface area contributed by atoms with Gasteiger partial charge in [-0.05, 0) is 18.3 Å². The second-order valence-electron chi connectivity index (χ2n) is 8.61. The van der Waals surface area contributed by atoms with Crippen LogP contribution in [-0.4, -0.2) is 56.8 Å². The van der Waals surface area contributed by atoms with Crippen molar-refractivity contribution in [1.82, 2.24) is 19.5 Å². The van der Waals surface area contributed by atoms with Crippen molar-refractivity contribution in [2.45, 2.75) is 65.6 Å². The number of hydrogen-bond acceptors (Lipinski definition) is 10. The third kappa shape index (κ3) is 7.36. The van der Waals surface area contributed by atoms with Crippen LogP contribution in [0.5, 0.6) is 0 Å². The highest BCUT2D eigenvalue weighted by atomic mass is 16.5. The maximum Gasteiger partial charge on any atom is 0.323 e. The number of rotatable bonds is 13.